The predicted molar refractivity (Wildman–Crippen MR) is 67.1 cm³/mol. The van der Waals surface area contributed by atoms with Gasteiger partial charge in [0.15, 0.2) is 0 Å². The summed E-state index contributed by atoms with van der Waals surface area (Å²) in [6.07, 6.45) is 0. The highest BCUT2D eigenvalue weighted by molar-refractivity contribution is 6.03. The number of amides is 1. The molecule has 1 aromatic carbocycles. The molecule has 0 aliphatic heterocycles. The number of aromatic nitrogens is 2. The van der Waals surface area contributed by atoms with Crippen molar-refractivity contribution < 1.29 is 4.79 Å². The first-order valence-corrected chi connectivity index (χ1v) is 5.45. The molecule has 88 valence electrons. The second kappa shape index (κ2) is 4.41. The lowest BCUT2D eigenvalue weighted by Crippen LogP contribution is -2.14. The van der Waals surface area contributed by atoms with Crippen LogP contribution in [0.4, 0.5) is 5.82 Å². The highest BCUT2D eigenvalue weighted by Gasteiger charge is 2.08. The first-order valence-electron chi connectivity index (χ1n) is 5.45. The fourth-order valence-corrected chi connectivity index (χ4v) is 1.62. The minimum absolute atomic E-state index is 0.118. The molecule has 0 aliphatic carbocycles. The Morgan fingerprint density at radius 2 is 1.88 bits per heavy atom. The van der Waals surface area contributed by atoms with Gasteiger partial charge in [-0.05, 0) is 26.0 Å². The maximum Gasteiger partial charge on any atom is 0.256 e. The summed E-state index contributed by atoms with van der Waals surface area (Å²) in [4.78, 5) is 11.9. The fraction of sp³-hybridized carbons (Fsp3) is 0.231. The van der Waals surface area contributed by atoms with Crippen LogP contribution in [0.1, 0.15) is 21.6 Å². The molecule has 4 heteroatoms. The van der Waals surface area contributed by atoms with Gasteiger partial charge in [-0.1, -0.05) is 17.7 Å². The molecule has 0 aliphatic rings. The smallest absolute Gasteiger partial charge is 0.256 e. The van der Waals surface area contributed by atoms with Gasteiger partial charge in [0.05, 0.1) is 5.69 Å². The standard InChI is InChI=1S/C13H15N3O/c1-9-4-6-11(7-5-9)13(17)14-12-8-10(2)15-16(12)3/h4-8H,1-3H3,(H,14,17). The lowest BCUT2D eigenvalue weighted by molar-refractivity contribution is 0.102. The molecular weight excluding hydrogens is 214 g/mol. The number of anilines is 1. The molecule has 1 N–H and O–H groups in total. The molecule has 17 heavy (non-hydrogen) atoms. The molecule has 0 radical (unpaired) electrons. The zero-order valence-corrected chi connectivity index (χ0v) is 10.2. The highest BCUT2D eigenvalue weighted by atomic mass is 16.1. The Morgan fingerprint density at radius 3 is 2.41 bits per heavy atom. The van der Waals surface area contributed by atoms with Crippen molar-refractivity contribution in [2.75, 3.05) is 5.32 Å². The number of hydrogen-bond acceptors (Lipinski definition) is 2. The summed E-state index contributed by atoms with van der Waals surface area (Å²) in [5.74, 6) is 0.584. The molecule has 0 spiro atoms. The number of carbonyl (C=O) groups excluding carboxylic acids is 1. The molecule has 0 unspecified atom stereocenters. The summed E-state index contributed by atoms with van der Waals surface area (Å²) in [7, 11) is 1.80. The molecule has 1 amide bonds. The van der Waals surface area contributed by atoms with Gasteiger partial charge in [0.25, 0.3) is 5.91 Å². The number of aryl methyl sites for hydroxylation is 3. The van der Waals surface area contributed by atoms with E-state index in [0.29, 0.717) is 11.4 Å². The normalized spacial score (nSPS) is 10.3. The van der Waals surface area contributed by atoms with Gasteiger partial charge >= 0.3 is 0 Å². The molecule has 0 saturated heterocycles. The van der Waals surface area contributed by atoms with Crippen LogP contribution in [-0.2, 0) is 7.05 Å². The third-order valence-corrected chi connectivity index (χ3v) is 2.56. The summed E-state index contributed by atoms with van der Waals surface area (Å²) >= 11 is 0. The number of nitrogens with zero attached hydrogens (tertiary/aromatic N) is 2. The Morgan fingerprint density at radius 1 is 1.24 bits per heavy atom. The maximum absolute atomic E-state index is 11.9. The van der Waals surface area contributed by atoms with Crippen molar-refractivity contribution in [1.82, 2.24) is 9.78 Å². The van der Waals surface area contributed by atoms with Crippen LogP contribution in [0.25, 0.3) is 0 Å². The van der Waals surface area contributed by atoms with E-state index in [1.807, 2.05) is 44.2 Å². The van der Waals surface area contributed by atoms with E-state index >= 15 is 0 Å². The lowest BCUT2D eigenvalue weighted by Gasteiger charge is -2.05. The summed E-state index contributed by atoms with van der Waals surface area (Å²) in [5.41, 5.74) is 2.67. The van der Waals surface area contributed by atoms with Crippen molar-refractivity contribution in [3.8, 4) is 0 Å². The monoisotopic (exact) mass is 229 g/mol. The lowest BCUT2D eigenvalue weighted by atomic mass is 10.1. The van der Waals surface area contributed by atoms with Crippen LogP contribution >= 0.6 is 0 Å². The molecule has 0 atom stereocenters. The van der Waals surface area contributed by atoms with Crippen molar-refractivity contribution in [3.63, 3.8) is 0 Å². The molecule has 4 nitrogen and oxygen atoms in total. The van der Waals surface area contributed by atoms with Crippen molar-refractivity contribution in [2.24, 2.45) is 7.05 Å². The van der Waals surface area contributed by atoms with Crippen molar-refractivity contribution >= 4 is 11.7 Å². The number of hydrogen-bond donors (Lipinski definition) is 1. The zero-order valence-electron chi connectivity index (χ0n) is 10.2. The average molecular weight is 229 g/mol. The second-order valence-corrected chi connectivity index (χ2v) is 4.11. The quantitative estimate of drug-likeness (QED) is 0.858. The zero-order chi connectivity index (χ0) is 12.4. The maximum atomic E-state index is 11.9. The first-order chi connectivity index (χ1) is 8.06. The van der Waals surface area contributed by atoms with Gasteiger partial charge in [0, 0.05) is 18.7 Å². The number of rotatable bonds is 2. The molecule has 2 rings (SSSR count). The van der Waals surface area contributed by atoms with Crippen LogP contribution in [0.2, 0.25) is 0 Å². The molecule has 1 heterocycles. The van der Waals surface area contributed by atoms with Gasteiger partial charge in [0.2, 0.25) is 0 Å². The summed E-state index contributed by atoms with van der Waals surface area (Å²) in [6.45, 7) is 3.88. The fourth-order valence-electron chi connectivity index (χ4n) is 1.62. The highest BCUT2D eigenvalue weighted by Crippen LogP contribution is 2.10. The molecule has 1 aromatic heterocycles. The summed E-state index contributed by atoms with van der Waals surface area (Å²) in [5, 5.41) is 7.00. The minimum atomic E-state index is -0.118. The Balaban J connectivity index is 2.17. The Hall–Kier alpha value is -2.10. The number of carbonyl (C=O) groups is 1. The Labute approximate surface area is 100 Å². The van der Waals surface area contributed by atoms with E-state index in [0.717, 1.165) is 11.3 Å². The van der Waals surface area contributed by atoms with E-state index in [2.05, 4.69) is 10.4 Å². The van der Waals surface area contributed by atoms with Gasteiger partial charge in [-0.25, -0.2) is 0 Å². The van der Waals surface area contributed by atoms with Crippen LogP contribution in [0.5, 0.6) is 0 Å². The van der Waals surface area contributed by atoms with E-state index in [1.54, 1.807) is 11.7 Å². The van der Waals surface area contributed by atoms with Gasteiger partial charge in [-0.2, -0.15) is 5.10 Å². The van der Waals surface area contributed by atoms with Gasteiger partial charge in [0.1, 0.15) is 5.82 Å². The van der Waals surface area contributed by atoms with E-state index < -0.39 is 0 Å². The molecule has 0 bridgehead atoms. The van der Waals surface area contributed by atoms with Crippen LogP contribution in [0.3, 0.4) is 0 Å². The van der Waals surface area contributed by atoms with Crippen LogP contribution in [0.15, 0.2) is 30.3 Å². The number of benzene rings is 1. The van der Waals surface area contributed by atoms with E-state index in [-0.39, 0.29) is 5.91 Å². The Kier molecular flexibility index (Phi) is 2.95. The van der Waals surface area contributed by atoms with E-state index in [4.69, 9.17) is 0 Å². The third-order valence-electron chi connectivity index (χ3n) is 2.56. The molecule has 0 fully saturated rings. The van der Waals surface area contributed by atoms with E-state index in [1.165, 1.54) is 0 Å². The Bertz CT molecular complexity index is 540. The van der Waals surface area contributed by atoms with Gasteiger partial charge in [-0.3, -0.25) is 9.48 Å². The molecule has 0 saturated carbocycles. The van der Waals surface area contributed by atoms with Crippen molar-refractivity contribution in [1.29, 1.82) is 0 Å². The van der Waals surface area contributed by atoms with Gasteiger partial charge in [-0.15, -0.1) is 0 Å². The van der Waals surface area contributed by atoms with Crippen molar-refractivity contribution in [3.05, 3.63) is 47.2 Å². The van der Waals surface area contributed by atoms with Crippen LogP contribution in [-0.4, -0.2) is 15.7 Å². The summed E-state index contributed by atoms with van der Waals surface area (Å²) < 4.78 is 1.65. The second-order valence-electron chi connectivity index (χ2n) is 4.11. The van der Waals surface area contributed by atoms with Crippen molar-refractivity contribution in [2.45, 2.75) is 13.8 Å². The molecule has 2 aromatic rings. The van der Waals surface area contributed by atoms with Crippen LogP contribution in [0, 0.1) is 13.8 Å². The van der Waals surface area contributed by atoms with Crippen LogP contribution < -0.4 is 5.32 Å². The third kappa shape index (κ3) is 2.53. The average Bonchev–Trinajstić information content (AvgIpc) is 2.58. The topological polar surface area (TPSA) is 46.9 Å². The van der Waals surface area contributed by atoms with Gasteiger partial charge < -0.3 is 5.32 Å². The SMILES string of the molecule is Cc1ccc(C(=O)Nc2cc(C)nn2C)cc1. The predicted octanol–water partition coefficient (Wildman–Crippen LogP) is 2.29. The summed E-state index contributed by atoms with van der Waals surface area (Å²) in [6, 6.07) is 9.31. The minimum Gasteiger partial charge on any atom is -0.307 e. The van der Waals surface area contributed by atoms with E-state index in [9.17, 15) is 4.79 Å². The largest absolute Gasteiger partial charge is 0.307 e. The molecular formula is C13H15N3O. The number of nitrogens with one attached hydrogen (secondary N) is 1. The first kappa shape index (κ1) is 11.4.